The highest BCUT2D eigenvalue weighted by molar-refractivity contribution is 5.20. The Morgan fingerprint density at radius 2 is 1.94 bits per heavy atom. The van der Waals surface area contributed by atoms with E-state index < -0.39 is 0 Å². The second-order valence-electron chi connectivity index (χ2n) is 5.08. The van der Waals surface area contributed by atoms with Crippen LogP contribution in [-0.2, 0) is 6.54 Å². The van der Waals surface area contributed by atoms with Gasteiger partial charge in [0.15, 0.2) is 5.82 Å². The number of aromatic nitrogens is 4. The number of hydrogen-bond donors (Lipinski definition) is 0. The Labute approximate surface area is 108 Å². The topological polar surface area (TPSA) is 38.9 Å². The summed E-state index contributed by atoms with van der Waals surface area (Å²) in [7, 11) is 4.12. The Bertz CT molecular complexity index is 495. The third-order valence-electron chi connectivity index (χ3n) is 2.84. The van der Waals surface area contributed by atoms with Crippen LogP contribution in [0.1, 0.15) is 25.5 Å². The Morgan fingerprint density at radius 3 is 2.56 bits per heavy atom. The SMILES string of the molecule is CC(C)c1ccn(-c2ccn(CCN(C)C)n2)n1. The minimum absolute atomic E-state index is 0.446. The van der Waals surface area contributed by atoms with E-state index in [0.29, 0.717) is 5.92 Å². The molecule has 0 radical (unpaired) electrons. The summed E-state index contributed by atoms with van der Waals surface area (Å²) < 4.78 is 3.79. The van der Waals surface area contributed by atoms with Gasteiger partial charge < -0.3 is 4.90 Å². The van der Waals surface area contributed by atoms with E-state index in [1.54, 1.807) is 0 Å². The lowest BCUT2D eigenvalue weighted by Gasteiger charge is -2.08. The second kappa shape index (κ2) is 5.35. The normalized spacial score (nSPS) is 11.7. The van der Waals surface area contributed by atoms with Gasteiger partial charge >= 0.3 is 0 Å². The number of hydrogen-bond acceptors (Lipinski definition) is 3. The van der Waals surface area contributed by atoms with Crippen LogP contribution in [0.15, 0.2) is 24.5 Å². The lowest BCUT2D eigenvalue weighted by Crippen LogP contribution is -2.18. The molecule has 0 fully saturated rings. The van der Waals surface area contributed by atoms with Crippen molar-refractivity contribution in [3.05, 3.63) is 30.2 Å². The lowest BCUT2D eigenvalue weighted by molar-refractivity contribution is 0.373. The van der Waals surface area contributed by atoms with Crippen molar-refractivity contribution in [3.8, 4) is 5.82 Å². The van der Waals surface area contributed by atoms with Crippen LogP contribution in [0.3, 0.4) is 0 Å². The fourth-order valence-electron chi connectivity index (χ4n) is 1.67. The molecule has 2 aromatic heterocycles. The standard InChI is InChI=1S/C13H21N5/c1-11(2)12-5-8-18(14-12)13-6-7-17(15-13)10-9-16(3)4/h5-8,11H,9-10H2,1-4H3. The first kappa shape index (κ1) is 12.8. The first-order valence-corrected chi connectivity index (χ1v) is 6.30. The second-order valence-corrected chi connectivity index (χ2v) is 5.08. The van der Waals surface area contributed by atoms with E-state index >= 15 is 0 Å². The highest BCUT2D eigenvalue weighted by atomic mass is 15.4. The van der Waals surface area contributed by atoms with E-state index in [4.69, 9.17) is 0 Å². The van der Waals surface area contributed by atoms with E-state index in [2.05, 4.69) is 43.0 Å². The molecule has 18 heavy (non-hydrogen) atoms. The third kappa shape index (κ3) is 2.98. The molecule has 2 rings (SSSR count). The van der Waals surface area contributed by atoms with Crippen molar-refractivity contribution in [1.82, 2.24) is 24.5 Å². The van der Waals surface area contributed by atoms with Gasteiger partial charge in [0.05, 0.1) is 12.2 Å². The van der Waals surface area contributed by atoms with Gasteiger partial charge in [-0.25, -0.2) is 4.68 Å². The predicted molar refractivity (Wildman–Crippen MR) is 72.0 cm³/mol. The average molecular weight is 247 g/mol. The summed E-state index contributed by atoms with van der Waals surface area (Å²) >= 11 is 0. The van der Waals surface area contributed by atoms with Gasteiger partial charge in [-0.3, -0.25) is 4.68 Å². The van der Waals surface area contributed by atoms with E-state index in [9.17, 15) is 0 Å². The Morgan fingerprint density at radius 1 is 1.17 bits per heavy atom. The summed E-state index contributed by atoms with van der Waals surface area (Å²) in [5.74, 6) is 1.32. The minimum atomic E-state index is 0.446. The fraction of sp³-hybridized carbons (Fsp3) is 0.538. The van der Waals surface area contributed by atoms with Crippen molar-refractivity contribution >= 4 is 0 Å². The molecule has 0 aliphatic heterocycles. The van der Waals surface area contributed by atoms with Crippen LogP contribution in [0.5, 0.6) is 0 Å². The van der Waals surface area contributed by atoms with Crippen LogP contribution in [-0.4, -0.2) is 45.1 Å². The summed E-state index contributed by atoms with van der Waals surface area (Å²) in [6.07, 6.45) is 3.96. The van der Waals surface area contributed by atoms with E-state index in [0.717, 1.165) is 24.6 Å². The number of likely N-dealkylation sites (N-methyl/N-ethyl adjacent to an activating group) is 1. The monoisotopic (exact) mass is 247 g/mol. The van der Waals surface area contributed by atoms with Crippen molar-refractivity contribution in [3.63, 3.8) is 0 Å². The average Bonchev–Trinajstić information content (AvgIpc) is 2.95. The summed E-state index contributed by atoms with van der Waals surface area (Å²) in [6.45, 7) is 6.16. The fourth-order valence-corrected chi connectivity index (χ4v) is 1.67. The first-order chi connectivity index (χ1) is 8.56. The van der Waals surface area contributed by atoms with Crippen LogP contribution in [0, 0.1) is 0 Å². The Balaban J connectivity index is 2.08. The predicted octanol–water partition coefficient (Wildman–Crippen LogP) is 1.75. The molecule has 5 heteroatoms. The molecule has 0 saturated carbocycles. The van der Waals surface area contributed by atoms with Crippen LogP contribution in [0.2, 0.25) is 0 Å². The van der Waals surface area contributed by atoms with Crippen LogP contribution in [0.4, 0.5) is 0 Å². The zero-order chi connectivity index (χ0) is 13.1. The molecule has 98 valence electrons. The largest absolute Gasteiger partial charge is 0.308 e. The van der Waals surface area contributed by atoms with Gasteiger partial charge in [0, 0.05) is 25.0 Å². The maximum absolute atomic E-state index is 4.52. The van der Waals surface area contributed by atoms with E-state index in [1.165, 1.54) is 0 Å². The van der Waals surface area contributed by atoms with E-state index in [1.807, 2.05) is 33.9 Å². The highest BCUT2D eigenvalue weighted by Crippen LogP contribution is 2.12. The number of nitrogens with zero attached hydrogens (tertiary/aromatic N) is 5. The molecule has 2 aromatic rings. The molecule has 0 aliphatic rings. The van der Waals surface area contributed by atoms with Crippen molar-refractivity contribution in [1.29, 1.82) is 0 Å². The lowest BCUT2D eigenvalue weighted by atomic mass is 10.1. The Hall–Kier alpha value is -1.62. The molecule has 0 aliphatic carbocycles. The molecule has 0 saturated heterocycles. The van der Waals surface area contributed by atoms with Gasteiger partial charge in [-0.1, -0.05) is 13.8 Å². The van der Waals surface area contributed by atoms with Gasteiger partial charge in [-0.2, -0.15) is 10.2 Å². The molecule has 5 nitrogen and oxygen atoms in total. The minimum Gasteiger partial charge on any atom is -0.308 e. The molecule has 0 spiro atoms. The Kier molecular flexibility index (Phi) is 3.81. The van der Waals surface area contributed by atoms with Crippen molar-refractivity contribution in [2.75, 3.05) is 20.6 Å². The van der Waals surface area contributed by atoms with Crippen LogP contribution >= 0.6 is 0 Å². The molecule has 2 heterocycles. The zero-order valence-corrected chi connectivity index (χ0v) is 11.5. The quantitative estimate of drug-likeness (QED) is 0.808. The summed E-state index contributed by atoms with van der Waals surface area (Å²) in [6, 6.07) is 4.04. The maximum atomic E-state index is 4.52. The van der Waals surface area contributed by atoms with Gasteiger partial charge in [0.1, 0.15) is 0 Å². The number of rotatable bonds is 5. The van der Waals surface area contributed by atoms with Gasteiger partial charge in [0.2, 0.25) is 0 Å². The molecule has 0 bridgehead atoms. The van der Waals surface area contributed by atoms with E-state index in [-0.39, 0.29) is 0 Å². The smallest absolute Gasteiger partial charge is 0.174 e. The van der Waals surface area contributed by atoms with Crippen LogP contribution < -0.4 is 0 Å². The van der Waals surface area contributed by atoms with Crippen molar-refractivity contribution < 1.29 is 0 Å². The summed E-state index contributed by atoms with van der Waals surface area (Å²) in [5, 5.41) is 9.03. The highest BCUT2D eigenvalue weighted by Gasteiger charge is 2.06. The molecule has 0 unspecified atom stereocenters. The third-order valence-corrected chi connectivity index (χ3v) is 2.84. The van der Waals surface area contributed by atoms with Gasteiger partial charge in [0.25, 0.3) is 0 Å². The van der Waals surface area contributed by atoms with Crippen molar-refractivity contribution in [2.45, 2.75) is 26.3 Å². The molecule has 0 aromatic carbocycles. The molecule has 0 N–H and O–H groups in total. The van der Waals surface area contributed by atoms with Crippen LogP contribution in [0.25, 0.3) is 5.82 Å². The summed E-state index contributed by atoms with van der Waals surface area (Å²) in [5.41, 5.74) is 1.10. The van der Waals surface area contributed by atoms with Gasteiger partial charge in [-0.15, -0.1) is 0 Å². The first-order valence-electron chi connectivity index (χ1n) is 6.30. The van der Waals surface area contributed by atoms with Gasteiger partial charge in [-0.05, 0) is 26.1 Å². The van der Waals surface area contributed by atoms with Crippen molar-refractivity contribution in [2.24, 2.45) is 0 Å². The molecular formula is C13H21N5. The summed E-state index contributed by atoms with van der Waals surface area (Å²) in [4.78, 5) is 2.14. The molecular weight excluding hydrogens is 226 g/mol. The zero-order valence-electron chi connectivity index (χ0n) is 11.5. The molecule has 0 atom stereocenters. The molecule has 0 amide bonds. The maximum Gasteiger partial charge on any atom is 0.174 e.